The number of aromatic hydroxyl groups is 1. The summed E-state index contributed by atoms with van der Waals surface area (Å²) in [6.45, 7) is 5.91. The van der Waals surface area contributed by atoms with Gasteiger partial charge in [0.15, 0.2) is 10.7 Å². The van der Waals surface area contributed by atoms with Gasteiger partial charge in [-0.15, -0.1) is 0 Å². The zero-order valence-electron chi connectivity index (χ0n) is 19.1. The number of phenolic OH excluding ortho intramolecular Hbond substituents is 1. The largest absolute Gasteiger partial charge is 0.507 e. The molecule has 0 aliphatic rings. The Bertz CT molecular complexity index is 1360. The van der Waals surface area contributed by atoms with E-state index < -0.39 is 0 Å². The number of nitrogens with one attached hydrogen (secondary N) is 2. The molecule has 0 radical (unpaired) electrons. The van der Waals surface area contributed by atoms with Crippen molar-refractivity contribution in [3.05, 3.63) is 71.8 Å². The van der Waals surface area contributed by atoms with Gasteiger partial charge in [0.25, 0.3) is 5.91 Å². The first kappa shape index (κ1) is 23.3. The van der Waals surface area contributed by atoms with Gasteiger partial charge in [-0.25, -0.2) is 4.98 Å². The molecule has 0 aliphatic heterocycles. The second kappa shape index (κ2) is 9.93. The van der Waals surface area contributed by atoms with E-state index >= 15 is 0 Å². The molecule has 0 saturated heterocycles. The van der Waals surface area contributed by atoms with Crippen molar-refractivity contribution in [2.45, 2.75) is 33.3 Å². The number of rotatable bonds is 6. The molecule has 8 heteroatoms. The molecule has 1 aromatic heterocycles. The van der Waals surface area contributed by atoms with Crippen molar-refractivity contribution in [1.82, 2.24) is 10.3 Å². The fourth-order valence-corrected chi connectivity index (χ4v) is 3.63. The van der Waals surface area contributed by atoms with Gasteiger partial charge in [0.05, 0.1) is 11.7 Å². The molecule has 0 aliphatic carbocycles. The zero-order valence-corrected chi connectivity index (χ0v) is 19.9. The minimum atomic E-state index is -0.370. The number of hydrogen-bond donors (Lipinski definition) is 3. The van der Waals surface area contributed by atoms with Gasteiger partial charge in [0, 0.05) is 17.3 Å². The Hall–Kier alpha value is -3.91. The van der Waals surface area contributed by atoms with Crippen LogP contribution in [0.25, 0.3) is 22.6 Å². The van der Waals surface area contributed by atoms with Crippen molar-refractivity contribution in [3.63, 3.8) is 0 Å². The number of oxazole rings is 1. The number of hydrogen-bond acceptors (Lipinski definition) is 6. The van der Waals surface area contributed by atoms with Crippen LogP contribution in [0.1, 0.15) is 36.7 Å². The third-order valence-electron chi connectivity index (χ3n) is 5.04. The van der Waals surface area contributed by atoms with Gasteiger partial charge in [-0.2, -0.15) is 0 Å². The molecule has 3 aromatic carbocycles. The first-order valence-electron chi connectivity index (χ1n) is 10.9. The second-order valence-corrected chi connectivity index (χ2v) is 8.42. The highest BCUT2D eigenvalue weighted by Crippen LogP contribution is 2.33. The lowest BCUT2D eigenvalue weighted by atomic mass is 10.1. The molecule has 7 nitrogen and oxygen atoms in total. The molecule has 0 spiro atoms. The number of carbonyl (C=O) groups excluding carboxylic acids is 1. The van der Waals surface area contributed by atoms with Crippen molar-refractivity contribution in [3.8, 4) is 23.0 Å². The molecule has 0 atom stereocenters. The number of phenols is 1. The third kappa shape index (κ3) is 5.35. The second-order valence-electron chi connectivity index (χ2n) is 8.01. The molecule has 0 bridgehead atoms. The highest BCUT2D eigenvalue weighted by atomic mass is 32.1. The Morgan fingerprint density at radius 1 is 1.15 bits per heavy atom. The van der Waals surface area contributed by atoms with Gasteiger partial charge in [-0.1, -0.05) is 19.1 Å². The van der Waals surface area contributed by atoms with Crippen LogP contribution in [-0.2, 0) is 6.42 Å². The topological polar surface area (TPSA) is 96.6 Å². The summed E-state index contributed by atoms with van der Waals surface area (Å²) < 4.78 is 11.4. The van der Waals surface area contributed by atoms with E-state index in [-0.39, 0.29) is 22.9 Å². The molecule has 0 unspecified atom stereocenters. The normalized spacial score (nSPS) is 10.9. The van der Waals surface area contributed by atoms with E-state index in [0.29, 0.717) is 34.0 Å². The molecule has 4 aromatic rings. The van der Waals surface area contributed by atoms with Gasteiger partial charge in [-0.05, 0) is 80.5 Å². The number of nitrogens with zero attached hydrogens (tertiary/aromatic N) is 1. The van der Waals surface area contributed by atoms with Crippen LogP contribution in [0.5, 0.6) is 11.5 Å². The number of amides is 1. The van der Waals surface area contributed by atoms with Crippen LogP contribution in [0.15, 0.2) is 65.1 Å². The number of aryl methyl sites for hydroxylation is 1. The van der Waals surface area contributed by atoms with Gasteiger partial charge in [0.2, 0.25) is 5.89 Å². The molecule has 1 amide bonds. The highest BCUT2D eigenvalue weighted by Gasteiger charge is 2.14. The summed E-state index contributed by atoms with van der Waals surface area (Å²) in [6.07, 6.45) is 0.900. The predicted octanol–water partition coefficient (Wildman–Crippen LogP) is 5.68. The van der Waals surface area contributed by atoms with Gasteiger partial charge in [0.1, 0.15) is 17.0 Å². The molecular weight excluding hydrogens is 450 g/mol. The van der Waals surface area contributed by atoms with Crippen LogP contribution in [0, 0.1) is 0 Å². The van der Waals surface area contributed by atoms with E-state index in [1.54, 1.807) is 36.4 Å². The smallest absolute Gasteiger partial charge is 0.257 e. The Balaban J connectivity index is 1.44. The van der Waals surface area contributed by atoms with Gasteiger partial charge < -0.3 is 19.6 Å². The standard InChI is InChI=1S/C26H25N3O4S/c1-4-16-8-11-23-21(12-16)28-25(33-23)20-10-9-18(14-22(20)30)27-26(34)29-24(31)17-6-5-7-19(13-17)32-15(2)3/h5-15,30H,4H2,1-3H3,(H2,27,29,31,34). The number of fused-ring (bicyclic) bond motifs is 1. The fraction of sp³-hybridized carbons (Fsp3) is 0.192. The molecular formula is C26H25N3O4S. The van der Waals surface area contributed by atoms with Crippen LogP contribution in [-0.4, -0.2) is 27.2 Å². The Labute approximate surface area is 202 Å². The van der Waals surface area contributed by atoms with Crippen molar-refractivity contribution in [2.75, 3.05) is 5.32 Å². The Kier molecular flexibility index (Phi) is 6.79. The van der Waals surface area contributed by atoms with Crippen molar-refractivity contribution < 1.29 is 19.1 Å². The lowest BCUT2D eigenvalue weighted by Gasteiger charge is -2.12. The van der Waals surface area contributed by atoms with Crippen LogP contribution in [0.2, 0.25) is 0 Å². The van der Waals surface area contributed by atoms with Crippen molar-refractivity contribution in [1.29, 1.82) is 0 Å². The molecule has 0 saturated carbocycles. The third-order valence-corrected chi connectivity index (χ3v) is 5.25. The average molecular weight is 476 g/mol. The summed E-state index contributed by atoms with van der Waals surface area (Å²) >= 11 is 5.27. The number of carbonyl (C=O) groups is 1. The van der Waals surface area contributed by atoms with Crippen LogP contribution in [0.3, 0.4) is 0 Å². The predicted molar refractivity (Wildman–Crippen MR) is 136 cm³/mol. The molecule has 3 N–H and O–H groups in total. The number of benzene rings is 3. The van der Waals surface area contributed by atoms with E-state index in [9.17, 15) is 9.90 Å². The summed E-state index contributed by atoms with van der Waals surface area (Å²) in [5, 5.41) is 16.2. The molecule has 1 heterocycles. The fourth-order valence-electron chi connectivity index (χ4n) is 3.42. The van der Waals surface area contributed by atoms with Gasteiger partial charge in [-0.3, -0.25) is 10.1 Å². The molecule has 174 valence electrons. The number of thiocarbonyl (C=S) groups is 1. The summed E-state index contributed by atoms with van der Waals surface area (Å²) in [6, 6.07) is 17.6. The van der Waals surface area contributed by atoms with Gasteiger partial charge >= 0.3 is 0 Å². The van der Waals surface area contributed by atoms with Crippen LogP contribution in [0.4, 0.5) is 5.69 Å². The summed E-state index contributed by atoms with van der Waals surface area (Å²) in [5.74, 6) is 0.532. The lowest BCUT2D eigenvalue weighted by molar-refractivity contribution is 0.0977. The van der Waals surface area contributed by atoms with Crippen molar-refractivity contribution in [2.24, 2.45) is 0 Å². The quantitative estimate of drug-likeness (QED) is 0.309. The van der Waals surface area contributed by atoms with E-state index in [2.05, 4.69) is 22.5 Å². The maximum absolute atomic E-state index is 12.6. The molecule has 0 fully saturated rings. The minimum Gasteiger partial charge on any atom is -0.507 e. The van der Waals surface area contributed by atoms with E-state index in [1.807, 2.05) is 32.0 Å². The summed E-state index contributed by atoms with van der Waals surface area (Å²) in [7, 11) is 0. The Morgan fingerprint density at radius 2 is 1.97 bits per heavy atom. The monoisotopic (exact) mass is 475 g/mol. The van der Waals surface area contributed by atoms with Crippen molar-refractivity contribution >= 4 is 40.0 Å². The number of ether oxygens (including phenoxy) is 1. The lowest BCUT2D eigenvalue weighted by Crippen LogP contribution is -2.34. The summed E-state index contributed by atoms with van der Waals surface area (Å²) in [4.78, 5) is 17.1. The first-order valence-corrected chi connectivity index (χ1v) is 11.3. The minimum absolute atomic E-state index is 0.000258. The number of anilines is 1. The average Bonchev–Trinajstić information content (AvgIpc) is 3.21. The maximum Gasteiger partial charge on any atom is 0.257 e. The van der Waals surface area contributed by atoms with E-state index in [4.69, 9.17) is 21.4 Å². The number of aromatic nitrogens is 1. The SMILES string of the molecule is CCc1ccc2oc(-c3ccc(NC(=S)NC(=O)c4cccc(OC(C)C)c4)cc3O)nc2c1. The first-order chi connectivity index (χ1) is 16.3. The summed E-state index contributed by atoms with van der Waals surface area (Å²) in [5.41, 5.74) is 3.93. The maximum atomic E-state index is 12.6. The zero-order chi connectivity index (χ0) is 24.2. The van der Waals surface area contributed by atoms with E-state index in [1.165, 1.54) is 6.07 Å². The molecule has 34 heavy (non-hydrogen) atoms. The highest BCUT2D eigenvalue weighted by molar-refractivity contribution is 7.80. The van der Waals surface area contributed by atoms with Crippen LogP contribution >= 0.6 is 12.2 Å². The van der Waals surface area contributed by atoms with Crippen LogP contribution < -0.4 is 15.4 Å². The Morgan fingerprint density at radius 3 is 2.71 bits per heavy atom. The molecule has 4 rings (SSSR count). The van der Waals surface area contributed by atoms with E-state index in [0.717, 1.165) is 17.5 Å².